The third kappa shape index (κ3) is 4.67. The Morgan fingerprint density at radius 1 is 1.32 bits per heavy atom. The van der Waals surface area contributed by atoms with Gasteiger partial charge in [0.2, 0.25) is 11.8 Å². The molecule has 1 saturated heterocycles. The summed E-state index contributed by atoms with van der Waals surface area (Å²) < 4.78 is 7.24. The number of ether oxygens (including phenoxy) is 1. The van der Waals surface area contributed by atoms with Crippen LogP contribution in [0, 0.1) is 0 Å². The molecule has 2 amide bonds. The van der Waals surface area contributed by atoms with Gasteiger partial charge in [-0.25, -0.2) is 4.98 Å². The topological polar surface area (TPSA) is 76.5 Å². The lowest BCUT2D eigenvalue weighted by molar-refractivity contribution is -0.155. The fourth-order valence-electron chi connectivity index (χ4n) is 2.81. The van der Waals surface area contributed by atoms with E-state index in [2.05, 4.69) is 10.3 Å². The van der Waals surface area contributed by atoms with Crippen LogP contribution in [0.2, 0.25) is 0 Å². The zero-order valence-corrected chi connectivity index (χ0v) is 14.0. The minimum absolute atomic E-state index is 0.0250. The second-order valence-electron chi connectivity index (χ2n) is 5.98. The predicted octanol–water partition coefficient (Wildman–Crippen LogP) is 0.817. The van der Waals surface area contributed by atoms with Gasteiger partial charge in [-0.2, -0.15) is 0 Å². The summed E-state index contributed by atoms with van der Waals surface area (Å²) in [5, 5.41) is 2.90. The number of nitrogens with zero attached hydrogens (tertiary/aromatic N) is 3. The van der Waals surface area contributed by atoms with Crippen LogP contribution >= 0.6 is 0 Å². The summed E-state index contributed by atoms with van der Waals surface area (Å²) in [6, 6.07) is 9.08. The minimum Gasteiger partial charge on any atom is -0.369 e. The molecule has 0 saturated carbocycles. The molecule has 1 aromatic heterocycles. The molecule has 0 aliphatic carbocycles. The molecule has 0 spiro atoms. The molecular weight excluding hydrogens is 320 g/mol. The maximum absolute atomic E-state index is 12.5. The van der Waals surface area contributed by atoms with E-state index >= 15 is 0 Å². The van der Waals surface area contributed by atoms with Crippen molar-refractivity contribution in [2.75, 3.05) is 19.8 Å². The molecule has 1 aromatic carbocycles. The number of carbonyl (C=O) groups excluding carboxylic acids is 2. The average molecular weight is 342 g/mol. The summed E-state index contributed by atoms with van der Waals surface area (Å²) >= 11 is 0. The monoisotopic (exact) mass is 342 g/mol. The Balaban J connectivity index is 1.53. The van der Waals surface area contributed by atoms with Gasteiger partial charge in [-0.3, -0.25) is 9.59 Å². The number of rotatable bonds is 7. The molecule has 7 nitrogen and oxygen atoms in total. The molecular formula is C18H22N4O3. The molecule has 1 fully saturated rings. The Morgan fingerprint density at radius 3 is 2.92 bits per heavy atom. The average Bonchev–Trinajstić information content (AvgIpc) is 3.15. The van der Waals surface area contributed by atoms with Crippen LogP contribution < -0.4 is 5.32 Å². The lowest BCUT2D eigenvalue weighted by Crippen LogP contribution is -2.56. The third-order valence-electron chi connectivity index (χ3n) is 4.15. The van der Waals surface area contributed by atoms with Gasteiger partial charge in [0, 0.05) is 32.0 Å². The summed E-state index contributed by atoms with van der Waals surface area (Å²) in [5.41, 5.74) is 0.996. The van der Waals surface area contributed by atoms with Crippen LogP contribution in [0.4, 0.5) is 0 Å². The first-order valence-corrected chi connectivity index (χ1v) is 8.38. The second-order valence-corrected chi connectivity index (χ2v) is 5.98. The van der Waals surface area contributed by atoms with E-state index in [4.69, 9.17) is 4.74 Å². The number of carbonyl (C=O) groups is 2. The van der Waals surface area contributed by atoms with Crippen LogP contribution in [0.1, 0.15) is 12.0 Å². The number of hydrogen-bond donors (Lipinski definition) is 1. The fourth-order valence-corrected chi connectivity index (χ4v) is 2.81. The highest BCUT2D eigenvalue weighted by atomic mass is 16.5. The molecule has 1 N–H and O–H groups in total. The maximum Gasteiger partial charge on any atom is 0.249 e. The number of nitrogens with one attached hydrogen (secondary N) is 1. The first-order chi connectivity index (χ1) is 12.2. The second kappa shape index (κ2) is 8.43. The van der Waals surface area contributed by atoms with Crippen molar-refractivity contribution in [1.29, 1.82) is 0 Å². The van der Waals surface area contributed by atoms with Crippen LogP contribution in [0.5, 0.6) is 0 Å². The van der Waals surface area contributed by atoms with Crippen LogP contribution in [0.25, 0.3) is 0 Å². The summed E-state index contributed by atoms with van der Waals surface area (Å²) in [4.78, 5) is 30.3. The van der Waals surface area contributed by atoms with Crippen molar-refractivity contribution in [1.82, 2.24) is 19.8 Å². The predicted molar refractivity (Wildman–Crippen MR) is 91.5 cm³/mol. The zero-order valence-electron chi connectivity index (χ0n) is 14.0. The first-order valence-electron chi connectivity index (χ1n) is 8.38. The van der Waals surface area contributed by atoms with Crippen LogP contribution in [-0.2, 0) is 27.4 Å². The molecule has 0 bridgehead atoms. The van der Waals surface area contributed by atoms with Gasteiger partial charge < -0.3 is 19.5 Å². The number of amides is 2. The SMILES string of the molecule is O=C(NCCCn1ccnc1)C1COCC(=O)N1Cc1ccccc1. The lowest BCUT2D eigenvalue weighted by atomic mass is 10.1. The number of morpholine rings is 1. The van der Waals surface area contributed by atoms with Crippen molar-refractivity contribution in [3.63, 3.8) is 0 Å². The molecule has 3 rings (SSSR count). The highest BCUT2D eigenvalue weighted by Crippen LogP contribution is 2.13. The van der Waals surface area contributed by atoms with Crippen molar-refractivity contribution < 1.29 is 14.3 Å². The van der Waals surface area contributed by atoms with Crippen LogP contribution in [-0.4, -0.2) is 52.1 Å². The Morgan fingerprint density at radius 2 is 2.16 bits per heavy atom. The van der Waals surface area contributed by atoms with E-state index in [9.17, 15) is 9.59 Å². The lowest BCUT2D eigenvalue weighted by Gasteiger charge is -2.34. The quantitative estimate of drug-likeness (QED) is 0.756. The van der Waals surface area contributed by atoms with Crippen LogP contribution in [0.15, 0.2) is 49.1 Å². The summed E-state index contributed by atoms with van der Waals surface area (Å²) in [6.45, 7) is 1.99. The number of benzene rings is 1. The summed E-state index contributed by atoms with van der Waals surface area (Å²) in [5.74, 6) is -0.330. The Hall–Kier alpha value is -2.67. The van der Waals surface area contributed by atoms with Crippen LogP contribution in [0.3, 0.4) is 0 Å². The van der Waals surface area contributed by atoms with E-state index in [-0.39, 0.29) is 25.0 Å². The van der Waals surface area contributed by atoms with Gasteiger partial charge in [0.15, 0.2) is 0 Å². The van der Waals surface area contributed by atoms with E-state index in [0.29, 0.717) is 13.1 Å². The van der Waals surface area contributed by atoms with E-state index < -0.39 is 6.04 Å². The molecule has 2 heterocycles. The molecule has 132 valence electrons. The van der Waals surface area contributed by atoms with E-state index in [1.54, 1.807) is 17.4 Å². The van der Waals surface area contributed by atoms with Crippen molar-refractivity contribution >= 4 is 11.8 Å². The summed E-state index contributed by atoms with van der Waals surface area (Å²) in [6.07, 6.45) is 6.15. The van der Waals surface area contributed by atoms with E-state index in [0.717, 1.165) is 18.5 Å². The fraction of sp³-hybridized carbons (Fsp3) is 0.389. The third-order valence-corrected chi connectivity index (χ3v) is 4.15. The van der Waals surface area contributed by atoms with Crippen molar-refractivity contribution in [3.05, 3.63) is 54.6 Å². The zero-order chi connectivity index (χ0) is 17.5. The molecule has 1 aliphatic rings. The van der Waals surface area contributed by atoms with Gasteiger partial charge in [0.1, 0.15) is 12.6 Å². The van der Waals surface area contributed by atoms with E-state index in [1.165, 1.54) is 0 Å². The molecule has 0 radical (unpaired) electrons. The van der Waals surface area contributed by atoms with Gasteiger partial charge in [-0.15, -0.1) is 0 Å². The number of imidazole rings is 1. The summed E-state index contributed by atoms with van der Waals surface area (Å²) in [7, 11) is 0. The maximum atomic E-state index is 12.5. The highest BCUT2D eigenvalue weighted by molar-refractivity contribution is 5.89. The van der Waals surface area contributed by atoms with Gasteiger partial charge in [-0.1, -0.05) is 30.3 Å². The number of aryl methyl sites for hydroxylation is 1. The molecule has 25 heavy (non-hydrogen) atoms. The minimum atomic E-state index is -0.588. The molecule has 2 aromatic rings. The smallest absolute Gasteiger partial charge is 0.249 e. The number of aromatic nitrogens is 2. The van der Waals surface area contributed by atoms with Gasteiger partial charge in [-0.05, 0) is 12.0 Å². The van der Waals surface area contributed by atoms with Gasteiger partial charge in [0.25, 0.3) is 0 Å². The Bertz CT molecular complexity index is 688. The largest absolute Gasteiger partial charge is 0.369 e. The van der Waals surface area contributed by atoms with Crippen molar-refractivity contribution in [2.24, 2.45) is 0 Å². The molecule has 1 unspecified atom stereocenters. The van der Waals surface area contributed by atoms with E-state index in [1.807, 2.05) is 41.1 Å². The van der Waals surface area contributed by atoms with Crippen molar-refractivity contribution in [2.45, 2.75) is 25.6 Å². The van der Waals surface area contributed by atoms with Gasteiger partial charge in [0.05, 0.1) is 12.9 Å². The standard InChI is InChI=1S/C18H22N4O3/c23-17-13-25-12-16(22(17)11-15-5-2-1-3-6-15)18(24)20-7-4-9-21-10-8-19-14-21/h1-3,5-6,8,10,14,16H,4,7,9,11-13H2,(H,20,24). The normalized spacial score (nSPS) is 17.5. The number of hydrogen-bond acceptors (Lipinski definition) is 4. The van der Waals surface area contributed by atoms with Gasteiger partial charge >= 0.3 is 0 Å². The Kier molecular flexibility index (Phi) is 5.79. The molecule has 7 heteroatoms. The molecule has 1 atom stereocenters. The molecule has 1 aliphatic heterocycles. The Labute approximate surface area is 146 Å². The first kappa shape index (κ1) is 17.2. The highest BCUT2D eigenvalue weighted by Gasteiger charge is 2.33. The van der Waals surface area contributed by atoms with Crippen molar-refractivity contribution in [3.8, 4) is 0 Å².